The van der Waals surface area contributed by atoms with Crippen LogP contribution in [-0.2, 0) is 6.42 Å². The third kappa shape index (κ3) is 4.33. The number of hydrogen-bond acceptors (Lipinski definition) is 4. The average molecular weight is 244 g/mol. The average Bonchev–Trinajstić information content (AvgIpc) is 2.17. The molecular formula is C11H18ClN3O. The molecule has 1 aromatic rings. The zero-order chi connectivity index (χ0) is 12.0. The van der Waals surface area contributed by atoms with Crippen LogP contribution in [0.15, 0.2) is 6.07 Å². The van der Waals surface area contributed by atoms with Gasteiger partial charge < -0.3 is 10.4 Å². The standard InChI is InChI=1S/C11H18ClN3O/c1-3-4-10-14-9(12)7-11(15-10)13-8(2)5-6-16/h7-8,16H,3-6H2,1-2H3,(H,13,14,15). The lowest BCUT2D eigenvalue weighted by Gasteiger charge is -2.13. The summed E-state index contributed by atoms with van der Waals surface area (Å²) in [6.45, 7) is 4.23. The van der Waals surface area contributed by atoms with Crippen LogP contribution in [0.4, 0.5) is 5.82 Å². The van der Waals surface area contributed by atoms with Gasteiger partial charge in [-0.1, -0.05) is 18.5 Å². The van der Waals surface area contributed by atoms with Crippen molar-refractivity contribution >= 4 is 17.4 Å². The highest BCUT2D eigenvalue weighted by atomic mass is 35.5. The Bertz CT molecular complexity index is 333. The van der Waals surface area contributed by atoms with Gasteiger partial charge in [0.05, 0.1) is 0 Å². The van der Waals surface area contributed by atoms with Crippen molar-refractivity contribution in [3.8, 4) is 0 Å². The van der Waals surface area contributed by atoms with Gasteiger partial charge in [0.25, 0.3) is 0 Å². The fourth-order valence-corrected chi connectivity index (χ4v) is 1.59. The number of nitrogens with zero attached hydrogens (tertiary/aromatic N) is 2. The number of rotatable bonds is 6. The molecule has 0 aliphatic carbocycles. The molecule has 0 aliphatic heterocycles. The Kier molecular flexibility index (Phi) is 5.49. The van der Waals surface area contributed by atoms with Crippen LogP contribution >= 0.6 is 11.6 Å². The van der Waals surface area contributed by atoms with Crippen LogP contribution < -0.4 is 5.32 Å². The molecule has 0 fully saturated rings. The molecule has 0 saturated carbocycles. The number of halogens is 1. The van der Waals surface area contributed by atoms with Gasteiger partial charge in [-0.15, -0.1) is 0 Å². The smallest absolute Gasteiger partial charge is 0.134 e. The van der Waals surface area contributed by atoms with Crippen LogP contribution in [0.2, 0.25) is 5.15 Å². The minimum absolute atomic E-state index is 0.162. The number of nitrogens with one attached hydrogen (secondary N) is 1. The van der Waals surface area contributed by atoms with Gasteiger partial charge in [-0.2, -0.15) is 0 Å². The Morgan fingerprint density at radius 2 is 2.25 bits per heavy atom. The Morgan fingerprint density at radius 3 is 2.88 bits per heavy atom. The number of anilines is 1. The molecule has 4 nitrogen and oxygen atoms in total. The number of aliphatic hydroxyl groups excluding tert-OH is 1. The summed E-state index contributed by atoms with van der Waals surface area (Å²) in [6, 6.07) is 1.87. The van der Waals surface area contributed by atoms with E-state index in [2.05, 4.69) is 22.2 Å². The summed E-state index contributed by atoms with van der Waals surface area (Å²) >= 11 is 5.91. The monoisotopic (exact) mass is 243 g/mol. The van der Waals surface area contributed by atoms with Crippen LogP contribution in [0.5, 0.6) is 0 Å². The van der Waals surface area contributed by atoms with Crippen molar-refractivity contribution in [1.82, 2.24) is 9.97 Å². The fourth-order valence-electron chi connectivity index (χ4n) is 1.39. The summed E-state index contributed by atoms with van der Waals surface area (Å²) in [6.07, 6.45) is 2.50. The highest BCUT2D eigenvalue weighted by molar-refractivity contribution is 6.29. The minimum Gasteiger partial charge on any atom is -0.396 e. The first-order valence-corrected chi connectivity index (χ1v) is 5.94. The second kappa shape index (κ2) is 6.66. The third-order valence-corrected chi connectivity index (χ3v) is 2.36. The van der Waals surface area contributed by atoms with E-state index in [4.69, 9.17) is 16.7 Å². The van der Waals surface area contributed by atoms with Crippen molar-refractivity contribution in [1.29, 1.82) is 0 Å². The second-order valence-corrected chi connectivity index (χ2v) is 4.19. The van der Waals surface area contributed by atoms with Gasteiger partial charge in [-0.05, 0) is 19.8 Å². The first kappa shape index (κ1) is 13.2. The van der Waals surface area contributed by atoms with Gasteiger partial charge in [0.15, 0.2) is 0 Å². The molecule has 16 heavy (non-hydrogen) atoms. The van der Waals surface area contributed by atoms with Gasteiger partial charge in [0, 0.05) is 25.1 Å². The lowest BCUT2D eigenvalue weighted by atomic mass is 10.2. The number of hydrogen-bond donors (Lipinski definition) is 2. The van der Waals surface area contributed by atoms with Crippen molar-refractivity contribution in [2.24, 2.45) is 0 Å². The first-order chi connectivity index (χ1) is 7.65. The Hall–Kier alpha value is -0.870. The van der Waals surface area contributed by atoms with E-state index in [1.165, 1.54) is 0 Å². The highest BCUT2D eigenvalue weighted by Gasteiger charge is 2.05. The number of aliphatic hydroxyl groups is 1. The summed E-state index contributed by atoms with van der Waals surface area (Å²) < 4.78 is 0. The summed E-state index contributed by atoms with van der Waals surface area (Å²) in [5, 5.41) is 12.5. The largest absolute Gasteiger partial charge is 0.396 e. The Labute approximate surface area is 101 Å². The van der Waals surface area contributed by atoms with E-state index in [1.807, 2.05) is 6.92 Å². The molecule has 1 atom stereocenters. The zero-order valence-corrected chi connectivity index (χ0v) is 10.5. The SMILES string of the molecule is CCCc1nc(Cl)cc(NC(C)CCO)n1. The van der Waals surface area contributed by atoms with E-state index in [0.29, 0.717) is 11.6 Å². The highest BCUT2D eigenvalue weighted by Crippen LogP contribution is 2.14. The van der Waals surface area contributed by atoms with E-state index < -0.39 is 0 Å². The van der Waals surface area contributed by atoms with Crippen LogP contribution in [0.1, 0.15) is 32.5 Å². The van der Waals surface area contributed by atoms with Crippen LogP contribution in [0.25, 0.3) is 0 Å². The summed E-state index contributed by atoms with van der Waals surface area (Å²) in [5.41, 5.74) is 0. The molecule has 90 valence electrons. The molecule has 0 saturated heterocycles. The van der Waals surface area contributed by atoms with E-state index in [0.717, 1.165) is 24.5 Å². The van der Waals surface area contributed by atoms with Gasteiger partial charge >= 0.3 is 0 Å². The van der Waals surface area contributed by atoms with Crippen molar-refractivity contribution in [2.75, 3.05) is 11.9 Å². The van der Waals surface area contributed by atoms with E-state index >= 15 is 0 Å². The molecule has 1 aromatic heterocycles. The molecule has 0 aliphatic rings. The lowest BCUT2D eigenvalue weighted by molar-refractivity contribution is 0.282. The minimum atomic E-state index is 0.162. The van der Waals surface area contributed by atoms with Crippen molar-refractivity contribution in [3.63, 3.8) is 0 Å². The van der Waals surface area contributed by atoms with Gasteiger partial charge in [-0.3, -0.25) is 0 Å². The van der Waals surface area contributed by atoms with Gasteiger partial charge in [-0.25, -0.2) is 9.97 Å². The Morgan fingerprint density at radius 1 is 1.50 bits per heavy atom. The van der Waals surface area contributed by atoms with Crippen LogP contribution in [0, 0.1) is 0 Å². The van der Waals surface area contributed by atoms with Crippen LogP contribution in [0.3, 0.4) is 0 Å². The second-order valence-electron chi connectivity index (χ2n) is 3.80. The third-order valence-electron chi connectivity index (χ3n) is 2.17. The topological polar surface area (TPSA) is 58.0 Å². The molecule has 1 rings (SSSR count). The predicted octanol–water partition coefficient (Wildman–Crippen LogP) is 2.27. The lowest BCUT2D eigenvalue weighted by Crippen LogP contribution is -2.18. The van der Waals surface area contributed by atoms with Crippen molar-refractivity contribution < 1.29 is 5.11 Å². The molecule has 0 radical (unpaired) electrons. The van der Waals surface area contributed by atoms with E-state index in [9.17, 15) is 0 Å². The van der Waals surface area contributed by atoms with Gasteiger partial charge in [0.1, 0.15) is 16.8 Å². The number of aryl methyl sites for hydroxylation is 1. The van der Waals surface area contributed by atoms with Gasteiger partial charge in [0.2, 0.25) is 0 Å². The zero-order valence-electron chi connectivity index (χ0n) is 9.70. The fraction of sp³-hybridized carbons (Fsp3) is 0.636. The molecule has 1 unspecified atom stereocenters. The summed E-state index contributed by atoms with van der Waals surface area (Å²) in [7, 11) is 0. The molecule has 0 amide bonds. The molecule has 5 heteroatoms. The maximum atomic E-state index is 8.81. The maximum Gasteiger partial charge on any atom is 0.134 e. The summed E-state index contributed by atoms with van der Waals surface area (Å²) in [4.78, 5) is 8.50. The molecule has 0 aromatic carbocycles. The van der Waals surface area contributed by atoms with Crippen molar-refractivity contribution in [2.45, 2.75) is 39.2 Å². The van der Waals surface area contributed by atoms with Crippen molar-refractivity contribution in [3.05, 3.63) is 17.0 Å². The molecule has 2 N–H and O–H groups in total. The predicted molar refractivity (Wildman–Crippen MR) is 65.8 cm³/mol. The molecule has 0 bridgehead atoms. The number of aromatic nitrogens is 2. The Balaban J connectivity index is 2.71. The quantitative estimate of drug-likeness (QED) is 0.753. The van der Waals surface area contributed by atoms with Crippen LogP contribution in [-0.4, -0.2) is 27.7 Å². The molecule has 0 spiro atoms. The first-order valence-electron chi connectivity index (χ1n) is 5.56. The van der Waals surface area contributed by atoms with E-state index in [-0.39, 0.29) is 12.6 Å². The molecular weight excluding hydrogens is 226 g/mol. The normalized spacial score (nSPS) is 12.5. The van der Waals surface area contributed by atoms with E-state index in [1.54, 1.807) is 6.07 Å². The maximum absolute atomic E-state index is 8.81. The summed E-state index contributed by atoms with van der Waals surface area (Å²) in [5.74, 6) is 1.48. The molecule has 1 heterocycles.